The number of aryl methyl sites for hydroxylation is 1. The van der Waals surface area contributed by atoms with Crippen LogP contribution in [0.4, 0.5) is 0 Å². The van der Waals surface area contributed by atoms with Crippen LogP contribution < -0.4 is 0 Å². The molecule has 3 aromatic heterocycles. The van der Waals surface area contributed by atoms with Crippen molar-refractivity contribution in [3.63, 3.8) is 0 Å². The standard InChI is InChI=1S/C20H14BrN3O2S2/c1-12-9-17(26-24-12)15-10-22-20(23-19(15)18-3-2-8-27-18)28-11-16(25)13-4-6-14(21)7-5-13/h2-10H,11H2,1H3. The van der Waals surface area contributed by atoms with Gasteiger partial charge in [0.05, 0.1) is 27.6 Å². The van der Waals surface area contributed by atoms with Gasteiger partial charge in [0, 0.05) is 22.3 Å². The molecular weight excluding hydrogens is 458 g/mol. The summed E-state index contributed by atoms with van der Waals surface area (Å²) in [6.07, 6.45) is 1.73. The summed E-state index contributed by atoms with van der Waals surface area (Å²) in [7, 11) is 0. The fraction of sp³-hybridized carbons (Fsp3) is 0.100. The number of ketones is 1. The quantitative estimate of drug-likeness (QED) is 0.198. The van der Waals surface area contributed by atoms with E-state index >= 15 is 0 Å². The normalized spacial score (nSPS) is 10.9. The van der Waals surface area contributed by atoms with E-state index in [1.54, 1.807) is 29.7 Å². The Morgan fingerprint density at radius 3 is 2.75 bits per heavy atom. The molecule has 0 atom stereocenters. The molecule has 1 aromatic carbocycles. The van der Waals surface area contributed by atoms with Gasteiger partial charge in [-0.05, 0) is 30.5 Å². The number of hydrogen-bond donors (Lipinski definition) is 0. The van der Waals surface area contributed by atoms with Crippen LogP contribution in [0.1, 0.15) is 16.1 Å². The minimum Gasteiger partial charge on any atom is -0.356 e. The van der Waals surface area contributed by atoms with Gasteiger partial charge in [0.2, 0.25) is 0 Å². The van der Waals surface area contributed by atoms with E-state index in [1.807, 2.05) is 42.6 Å². The van der Waals surface area contributed by atoms with Crippen molar-refractivity contribution in [2.45, 2.75) is 12.1 Å². The molecule has 0 aliphatic rings. The summed E-state index contributed by atoms with van der Waals surface area (Å²) in [6, 6.07) is 13.2. The van der Waals surface area contributed by atoms with E-state index < -0.39 is 0 Å². The highest BCUT2D eigenvalue weighted by Gasteiger charge is 2.17. The number of rotatable bonds is 6. The highest BCUT2D eigenvalue weighted by atomic mass is 79.9. The topological polar surface area (TPSA) is 68.9 Å². The predicted octanol–water partition coefficient (Wildman–Crippen LogP) is 5.91. The third-order valence-electron chi connectivity index (χ3n) is 3.91. The van der Waals surface area contributed by atoms with E-state index in [4.69, 9.17) is 9.51 Å². The van der Waals surface area contributed by atoms with Crippen LogP contribution in [-0.2, 0) is 0 Å². The van der Waals surface area contributed by atoms with Crippen molar-refractivity contribution in [3.8, 4) is 21.9 Å². The van der Waals surface area contributed by atoms with Crippen molar-refractivity contribution < 1.29 is 9.32 Å². The summed E-state index contributed by atoms with van der Waals surface area (Å²) in [5, 5.41) is 6.50. The molecule has 28 heavy (non-hydrogen) atoms. The van der Waals surface area contributed by atoms with Crippen molar-refractivity contribution in [3.05, 3.63) is 69.8 Å². The van der Waals surface area contributed by atoms with Gasteiger partial charge >= 0.3 is 0 Å². The molecular formula is C20H14BrN3O2S2. The lowest BCUT2D eigenvalue weighted by atomic mass is 10.1. The van der Waals surface area contributed by atoms with Crippen LogP contribution in [0.5, 0.6) is 0 Å². The molecule has 8 heteroatoms. The van der Waals surface area contributed by atoms with Crippen LogP contribution in [0.15, 0.2) is 68.2 Å². The fourth-order valence-electron chi connectivity index (χ4n) is 2.56. The third kappa shape index (κ3) is 4.24. The van der Waals surface area contributed by atoms with E-state index in [-0.39, 0.29) is 11.5 Å². The van der Waals surface area contributed by atoms with Gasteiger partial charge in [0.25, 0.3) is 0 Å². The van der Waals surface area contributed by atoms with E-state index in [1.165, 1.54) is 11.8 Å². The Balaban J connectivity index is 1.59. The van der Waals surface area contributed by atoms with Crippen molar-refractivity contribution in [2.24, 2.45) is 0 Å². The molecule has 4 rings (SSSR count). The molecule has 0 fully saturated rings. The average Bonchev–Trinajstić information content (AvgIpc) is 3.38. The molecule has 140 valence electrons. The minimum absolute atomic E-state index is 0.0358. The predicted molar refractivity (Wildman–Crippen MR) is 115 cm³/mol. The van der Waals surface area contributed by atoms with Crippen molar-refractivity contribution >= 4 is 44.8 Å². The number of thioether (sulfide) groups is 1. The maximum absolute atomic E-state index is 12.4. The number of nitrogens with zero attached hydrogens (tertiary/aromatic N) is 3. The second-order valence-corrected chi connectivity index (χ2v) is 8.75. The Labute approximate surface area is 178 Å². The van der Waals surface area contributed by atoms with Crippen molar-refractivity contribution in [1.29, 1.82) is 0 Å². The van der Waals surface area contributed by atoms with Crippen LogP contribution >= 0.6 is 39.0 Å². The lowest BCUT2D eigenvalue weighted by molar-refractivity contribution is 0.102. The summed E-state index contributed by atoms with van der Waals surface area (Å²) in [5.41, 5.74) is 3.03. The molecule has 0 bridgehead atoms. The molecule has 0 radical (unpaired) electrons. The molecule has 0 unspecified atom stereocenters. The van der Waals surface area contributed by atoms with Crippen molar-refractivity contribution in [1.82, 2.24) is 15.1 Å². The zero-order valence-corrected chi connectivity index (χ0v) is 18.0. The van der Waals surface area contributed by atoms with E-state index in [0.717, 1.165) is 26.3 Å². The third-order valence-corrected chi connectivity index (χ3v) is 6.18. The number of Topliss-reactive ketones (excluding diaryl/α,β-unsaturated/α-hetero) is 1. The maximum atomic E-state index is 12.4. The molecule has 5 nitrogen and oxygen atoms in total. The summed E-state index contributed by atoms with van der Waals surface area (Å²) in [6.45, 7) is 1.87. The first kappa shape index (κ1) is 19.0. The molecule has 0 amide bonds. The second-order valence-electron chi connectivity index (χ2n) is 5.94. The Morgan fingerprint density at radius 1 is 1.25 bits per heavy atom. The minimum atomic E-state index is 0.0358. The van der Waals surface area contributed by atoms with Crippen LogP contribution in [0.25, 0.3) is 21.9 Å². The Kier molecular flexibility index (Phi) is 5.70. The zero-order valence-electron chi connectivity index (χ0n) is 14.8. The number of halogens is 1. The van der Waals surface area contributed by atoms with Gasteiger partial charge in [0.1, 0.15) is 0 Å². The summed E-state index contributed by atoms with van der Waals surface area (Å²) < 4.78 is 6.35. The van der Waals surface area contributed by atoms with Crippen LogP contribution in [0.2, 0.25) is 0 Å². The molecule has 4 aromatic rings. The Hall–Kier alpha value is -2.29. The second kappa shape index (κ2) is 8.38. The Bertz CT molecular complexity index is 1110. The number of carbonyl (C=O) groups is 1. The molecule has 0 N–H and O–H groups in total. The fourth-order valence-corrected chi connectivity index (χ4v) is 4.26. The first-order chi connectivity index (χ1) is 13.6. The molecule has 3 heterocycles. The number of hydrogen-bond acceptors (Lipinski definition) is 7. The molecule has 0 spiro atoms. The van der Waals surface area contributed by atoms with Crippen LogP contribution in [0, 0.1) is 6.92 Å². The lowest BCUT2D eigenvalue weighted by Crippen LogP contribution is -2.03. The van der Waals surface area contributed by atoms with E-state index in [2.05, 4.69) is 26.1 Å². The summed E-state index contributed by atoms with van der Waals surface area (Å²) in [5.74, 6) is 0.934. The number of benzene rings is 1. The van der Waals surface area contributed by atoms with Crippen molar-refractivity contribution in [2.75, 3.05) is 5.75 Å². The molecule has 0 saturated carbocycles. The largest absolute Gasteiger partial charge is 0.356 e. The van der Waals surface area contributed by atoms with Gasteiger partial charge in [0.15, 0.2) is 16.7 Å². The van der Waals surface area contributed by atoms with Crippen LogP contribution in [-0.4, -0.2) is 26.7 Å². The van der Waals surface area contributed by atoms with Gasteiger partial charge in [-0.25, -0.2) is 9.97 Å². The summed E-state index contributed by atoms with van der Waals surface area (Å²) in [4.78, 5) is 22.5. The number of aromatic nitrogens is 3. The zero-order chi connectivity index (χ0) is 19.5. The summed E-state index contributed by atoms with van der Waals surface area (Å²) >= 11 is 6.29. The molecule has 0 aliphatic carbocycles. The lowest BCUT2D eigenvalue weighted by Gasteiger charge is -2.07. The SMILES string of the molecule is Cc1cc(-c2cnc(SCC(=O)c3ccc(Br)cc3)nc2-c2cccs2)on1. The molecule has 0 aliphatic heterocycles. The maximum Gasteiger partial charge on any atom is 0.188 e. The Morgan fingerprint density at radius 2 is 2.07 bits per heavy atom. The number of carbonyl (C=O) groups excluding carboxylic acids is 1. The first-order valence-corrected chi connectivity index (χ1v) is 11.0. The highest BCUT2D eigenvalue weighted by molar-refractivity contribution is 9.10. The first-order valence-electron chi connectivity index (χ1n) is 8.36. The van der Waals surface area contributed by atoms with Gasteiger partial charge < -0.3 is 4.52 Å². The van der Waals surface area contributed by atoms with Gasteiger partial charge in [-0.1, -0.05) is 51.0 Å². The van der Waals surface area contributed by atoms with Gasteiger partial charge in [-0.3, -0.25) is 4.79 Å². The van der Waals surface area contributed by atoms with Crippen LogP contribution in [0.3, 0.4) is 0 Å². The average molecular weight is 472 g/mol. The molecule has 0 saturated heterocycles. The smallest absolute Gasteiger partial charge is 0.188 e. The van der Waals surface area contributed by atoms with E-state index in [0.29, 0.717) is 16.5 Å². The van der Waals surface area contributed by atoms with Gasteiger partial charge in [-0.15, -0.1) is 11.3 Å². The monoisotopic (exact) mass is 471 g/mol. The van der Waals surface area contributed by atoms with E-state index in [9.17, 15) is 4.79 Å². The number of thiophene rings is 1. The highest BCUT2D eigenvalue weighted by Crippen LogP contribution is 2.34. The van der Waals surface area contributed by atoms with Gasteiger partial charge in [-0.2, -0.15) is 0 Å².